The summed E-state index contributed by atoms with van der Waals surface area (Å²) in [6.07, 6.45) is 1.92. The highest BCUT2D eigenvalue weighted by Crippen LogP contribution is 2.33. The summed E-state index contributed by atoms with van der Waals surface area (Å²) in [4.78, 5) is 39.9. The van der Waals surface area contributed by atoms with E-state index in [9.17, 15) is 14.4 Å². The third-order valence-corrected chi connectivity index (χ3v) is 4.77. The average molecular weight is 336 g/mol. The molecule has 0 radical (unpaired) electrons. The number of imide groups is 1. The quantitative estimate of drug-likeness (QED) is 0.855. The maximum Gasteiger partial charge on any atom is 0.325 e. The zero-order valence-electron chi connectivity index (χ0n) is 12.8. The molecule has 3 rings (SSSR count). The van der Waals surface area contributed by atoms with Gasteiger partial charge in [0, 0.05) is 23.7 Å². The minimum absolute atomic E-state index is 0.200. The topological polar surface area (TPSA) is 69.7 Å². The number of halogens is 1. The first-order chi connectivity index (χ1) is 10.9. The second-order valence-corrected chi connectivity index (χ2v) is 6.42. The Labute approximate surface area is 139 Å². The minimum Gasteiger partial charge on any atom is -0.341 e. The highest BCUT2D eigenvalue weighted by atomic mass is 35.5. The van der Waals surface area contributed by atoms with Gasteiger partial charge in [0.2, 0.25) is 5.91 Å². The van der Waals surface area contributed by atoms with Gasteiger partial charge in [-0.3, -0.25) is 14.5 Å². The molecule has 1 aromatic carbocycles. The highest BCUT2D eigenvalue weighted by Gasteiger charge is 2.50. The molecule has 1 atom stereocenters. The van der Waals surface area contributed by atoms with Gasteiger partial charge in [-0.25, -0.2) is 4.79 Å². The monoisotopic (exact) mass is 335 g/mol. The lowest BCUT2D eigenvalue weighted by Gasteiger charge is -2.24. The van der Waals surface area contributed by atoms with Crippen molar-refractivity contribution in [3.05, 3.63) is 34.9 Å². The van der Waals surface area contributed by atoms with Crippen LogP contribution in [0.3, 0.4) is 0 Å². The fourth-order valence-electron chi connectivity index (χ4n) is 3.09. The minimum atomic E-state index is -1.25. The lowest BCUT2D eigenvalue weighted by Crippen LogP contribution is -2.44. The summed E-state index contributed by atoms with van der Waals surface area (Å²) in [5, 5.41) is 3.06. The van der Waals surface area contributed by atoms with Crippen LogP contribution in [0.4, 0.5) is 4.79 Å². The number of carbonyl (C=O) groups is 3. The number of benzene rings is 1. The lowest BCUT2D eigenvalue weighted by atomic mass is 9.92. The number of urea groups is 1. The summed E-state index contributed by atoms with van der Waals surface area (Å²) in [5.74, 6) is -0.655. The maximum atomic E-state index is 12.8. The van der Waals surface area contributed by atoms with E-state index < -0.39 is 17.5 Å². The molecule has 0 aliphatic carbocycles. The van der Waals surface area contributed by atoms with Crippen LogP contribution in [0.15, 0.2) is 24.3 Å². The van der Waals surface area contributed by atoms with Gasteiger partial charge in [-0.15, -0.1) is 0 Å². The molecule has 0 bridgehead atoms. The Morgan fingerprint density at radius 1 is 1.26 bits per heavy atom. The molecule has 7 heteroatoms. The fraction of sp³-hybridized carbons (Fsp3) is 0.438. The predicted molar refractivity (Wildman–Crippen MR) is 84.9 cm³/mol. The fourth-order valence-corrected chi connectivity index (χ4v) is 3.42. The van der Waals surface area contributed by atoms with Crippen molar-refractivity contribution in [2.24, 2.45) is 0 Å². The van der Waals surface area contributed by atoms with Crippen LogP contribution < -0.4 is 5.32 Å². The van der Waals surface area contributed by atoms with E-state index in [0.717, 1.165) is 17.7 Å². The molecule has 2 fully saturated rings. The Kier molecular flexibility index (Phi) is 4.02. The van der Waals surface area contributed by atoms with Crippen LogP contribution >= 0.6 is 11.6 Å². The lowest BCUT2D eigenvalue weighted by molar-refractivity contribution is -0.138. The Balaban J connectivity index is 1.82. The third-order valence-electron chi connectivity index (χ3n) is 4.44. The van der Waals surface area contributed by atoms with Crippen molar-refractivity contribution < 1.29 is 14.4 Å². The summed E-state index contributed by atoms with van der Waals surface area (Å²) >= 11 is 6.17. The van der Waals surface area contributed by atoms with Gasteiger partial charge in [-0.1, -0.05) is 29.8 Å². The molecule has 2 aliphatic rings. The van der Waals surface area contributed by atoms with Gasteiger partial charge in [-0.2, -0.15) is 0 Å². The summed E-state index contributed by atoms with van der Waals surface area (Å²) in [6, 6.07) is 6.31. The number of hydrogen-bond donors (Lipinski definition) is 1. The molecule has 1 N–H and O–H groups in total. The number of carbonyl (C=O) groups excluding carboxylic acids is 3. The molecule has 0 spiro atoms. The van der Waals surface area contributed by atoms with Crippen LogP contribution in [0, 0.1) is 0 Å². The van der Waals surface area contributed by atoms with E-state index in [4.69, 9.17) is 11.6 Å². The van der Waals surface area contributed by atoms with Crippen LogP contribution in [0.25, 0.3) is 0 Å². The highest BCUT2D eigenvalue weighted by molar-refractivity contribution is 6.32. The first-order valence-corrected chi connectivity index (χ1v) is 7.98. The van der Waals surface area contributed by atoms with Crippen molar-refractivity contribution in [3.63, 3.8) is 0 Å². The van der Waals surface area contributed by atoms with E-state index >= 15 is 0 Å². The first-order valence-electron chi connectivity index (χ1n) is 7.60. The SMILES string of the molecule is CC1(c2ccccc2Cl)NC(=O)N(CC(=O)N2CCCC2)C1=O. The predicted octanol–water partition coefficient (Wildman–Crippen LogP) is 1.73. The molecule has 122 valence electrons. The van der Waals surface area contributed by atoms with Gasteiger partial charge < -0.3 is 10.2 Å². The smallest absolute Gasteiger partial charge is 0.325 e. The Morgan fingerprint density at radius 2 is 1.91 bits per heavy atom. The van der Waals surface area contributed by atoms with Crippen LogP contribution in [0.1, 0.15) is 25.3 Å². The van der Waals surface area contributed by atoms with E-state index in [1.807, 2.05) is 0 Å². The molecule has 6 nitrogen and oxygen atoms in total. The van der Waals surface area contributed by atoms with Gasteiger partial charge >= 0.3 is 6.03 Å². The van der Waals surface area contributed by atoms with Crippen LogP contribution in [0.2, 0.25) is 5.02 Å². The molecule has 1 unspecified atom stereocenters. The average Bonchev–Trinajstić information content (AvgIpc) is 3.12. The van der Waals surface area contributed by atoms with Crippen molar-refractivity contribution in [1.82, 2.24) is 15.1 Å². The van der Waals surface area contributed by atoms with E-state index in [0.29, 0.717) is 23.7 Å². The Morgan fingerprint density at radius 3 is 2.57 bits per heavy atom. The van der Waals surface area contributed by atoms with E-state index in [1.165, 1.54) is 0 Å². The molecule has 0 aromatic heterocycles. The number of hydrogen-bond acceptors (Lipinski definition) is 3. The number of nitrogens with one attached hydrogen (secondary N) is 1. The molecule has 2 heterocycles. The summed E-state index contributed by atoms with van der Waals surface area (Å²) in [7, 11) is 0. The Bertz CT molecular complexity index is 672. The summed E-state index contributed by atoms with van der Waals surface area (Å²) < 4.78 is 0. The van der Waals surface area contributed by atoms with Gasteiger partial charge in [0.15, 0.2) is 0 Å². The van der Waals surface area contributed by atoms with Gasteiger partial charge in [-0.05, 0) is 25.8 Å². The second-order valence-electron chi connectivity index (χ2n) is 6.01. The van der Waals surface area contributed by atoms with Crippen molar-refractivity contribution in [1.29, 1.82) is 0 Å². The van der Waals surface area contributed by atoms with Crippen molar-refractivity contribution in [2.75, 3.05) is 19.6 Å². The van der Waals surface area contributed by atoms with Gasteiger partial charge in [0.05, 0.1) is 0 Å². The van der Waals surface area contributed by atoms with Gasteiger partial charge in [0.1, 0.15) is 12.1 Å². The van der Waals surface area contributed by atoms with Crippen molar-refractivity contribution in [3.8, 4) is 0 Å². The van der Waals surface area contributed by atoms with Crippen LogP contribution in [-0.4, -0.2) is 47.3 Å². The zero-order valence-corrected chi connectivity index (χ0v) is 13.6. The van der Waals surface area contributed by atoms with E-state index in [-0.39, 0.29) is 12.5 Å². The first kappa shape index (κ1) is 15.8. The number of likely N-dealkylation sites (tertiary alicyclic amines) is 1. The summed E-state index contributed by atoms with van der Waals surface area (Å²) in [6.45, 7) is 2.74. The number of amides is 4. The zero-order chi connectivity index (χ0) is 16.6. The summed E-state index contributed by atoms with van der Waals surface area (Å²) in [5.41, 5.74) is -0.725. The number of nitrogens with zero attached hydrogens (tertiary/aromatic N) is 2. The Hall–Kier alpha value is -2.08. The molecule has 4 amide bonds. The molecule has 2 saturated heterocycles. The molecule has 1 aromatic rings. The third kappa shape index (κ3) is 2.67. The molecule has 2 aliphatic heterocycles. The standard InChI is InChI=1S/C16H18ClN3O3/c1-16(11-6-2-3-7-12(11)17)14(22)20(15(23)18-16)10-13(21)19-8-4-5-9-19/h2-3,6-7H,4-5,8-10H2,1H3,(H,18,23). The normalized spacial score (nSPS) is 24.3. The van der Waals surface area contributed by atoms with Crippen LogP contribution in [0.5, 0.6) is 0 Å². The molecular weight excluding hydrogens is 318 g/mol. The molecule has 0 saturated carbocycles. The molecular formula is C16H18ClN3O3. The van der Waals surface area contributed by atoms with Crippen molar-refractivity contribution in [2.45, 2.75) is 25.3 Å². The van der Waals surface area contributed by atoms with E-state index in [2.05, 4.69) is 5.32 Å². The largest absolute Gasteiger partial charge is 0.341 e. The molecule has 23 heavy (non-hydrogen) atoms. The van der Waals surface area contributed by atoms with Crippen LogP contribution in [-0.2, 0) is 15.1 Å². The maximum absolute atomic E-state index is 12.8. The second kappa shape index (κ2) is 5.85. The van der Waals surface area contributed by atoms with Crippen molar-refractivity contribution >= 4 is 29.4 Å². The van der Waals surface area contributed by atoms with Gasteiger partial charge in [0.25, 0.3) is 5.91 Å². The number of rotatable bonds is 3. The van der Waals surface area contributed by atoms with E-state index in [1.54, 1.807) is 36.1 Å².